The highest BCUT2D eigenvalue weighted by molar-refractivity contribution is 5.85. The van der Waals surface area contributed by atoms with Crippen LogP contribution in [0.2, 0.25) is 0 Å². The van der Waals surface area contributed by atoms with Gasteiger partial charge in [0.15, 0.2) is 0 Å². The lowest BCUT2D eigenvalue weighted by Crippen LogP contribution is -2.22. The van der Waals surface area contributed by atoms with Crippen LogP contribution in [-0.4, -0.2) is 29.9 Å². The van der Waals surface area contributed by atoms with Crippen molar-refractivity contribution in [2.24, 2.45) is 21.7 Å². The van der Waals surface area contributed by atoms with Gasteiger partial charge in [-0.2, -0.15) is 5.10 Å². The molecular formula is C13H20N4O3. The Bertz CT molecular complexity index is 473. The molecule has 0 atom stereocenters. The number of nitrogens with two attached hydrogens (primary N) is 2. The van der Waals surface area contributed by atoms with E-state index in [9.17, 15) is 0 Å². The number of hydrogen-bond acceptors (Lipinski definition) is 4. The molecule has 1 aromatic rings. The first kappa shape index (κ1) is 17.4. The third-order valence-corrected chi connectivity index (χ3v) is 1.96. The van der Waals surface area contributed by atoms with Gasteiger partial charge in [-0.25, -0.2) is 0 Å². The van der Waals surface area contributed by atoms with Gasteiger partial charge < -0.3 is 21.3 Å². The van der Waals surface area contributed by atoms with Crippen LogP contribution in [0, 0.1) is 0 Å². The van der Waals surface area contributed by atoms with Gasteiger partial charge in [0.25, 0.3) is 5.97 Å². The number of nitrogens with zero attached hydrogens (tertiary/aromatic N) is 2. The van der Waals surface area contributed by atoms with Crippen LogP contribution < -0.4 is 16.2 Å². The molecular weight excluding hydrogens is 260 g/mol. The van der Waals surface area contributed by atoms with Crippen molar-refractivity contribution in [1.29, 1.82) is 0 Å². The summed E-state index contributed by atoms with van der Waals surface area (Å²) in [6.07, 6.45) is 0.709. The lowest BCUT2D eigenvalue weighted by atomic mass is 10.1. The Morgan fingerprint density at radius 1 is 1.20 bits per heavy atom. The third kappa shape index (κ3) is 9.46. The minimum atomic E-state index is -0.833. The molecule has 0 spiro atoms. The SMILES string of the molecule is CC(=O)O.COc1ccc(C/C(C)=N/N=C(N)N)cc1. The predicted molar refractivity (Wildman–Crippen MR) is 78.9 cm³/mol. The Kier molecular flexibility index (Phi) is 8.17. The molecule has 0 aliphatic carbocycles. The molecule has 0 saturated carbocycles. The van der Waals surface area contributed by atoms with Gasteiger partial charge in [0, 0.05) is 19.1 Å². The summed E-state index contributed by atoms with van der Waals surface area (Å²) in [6, 6.07) is 7.77. The number of carboxylic acids is 1. The number of guanidine groups is 1. The van der Waals surface area contributed by atoms with Crippen LogP contribution in [0.15, 0.2) is 34.5 Å². The van der Waals surface area contributed by atoms with E-state index >= 15 is 0 Å². The lowest BCUT2D eigenvalue weighted by Gasteiger charge is -2.02. The second-order valence-corrected chi connectivity index (χ2v) is 3.90. The van der Waals surface area contributed by atoms with Crippen molar-refractivity contribution in [1.82, 2.24) is 0 Å². The molecule has 7 heteroatoms. The van der Waals surface area contributed by atoms with Gasteiger partial charge >= 0.3 is 0 Å². The van der Waals surface area contributed by atoms with E-state index < -0.39 is 5.97 Å². The smallest absolute Gasteiger partial charge is 0.300 e. The van der Waals surface area contributed by atoms with E-state index in [0.29, 0.717) is 6.42 Å². The Hall–Kier alpha value is -2.57. The average molecular weight is 280 g/mol. The number of methoxy groups -OCH3 is 1. The summed E-state index contributed by atoms with van der Waals surface area (Å²) in [5.41, 5.74) is 12.3. The first-order valence-corrected chi connectivity index (χ1v) is 5.79. The van der Waals surface area contributed by atoms with Gasteiger partial charge in [-0.3, -0.25) is 4.79 Å². The largest absolute Gasteiger partial charge is 0.497 e. The van der Waals surface area contributed by atoms with Gasteiger partial charge in [0.05, 0.1) is 7.11 Å². The van der Waals surface area contributed by atoms with Crippen molar-refractivity contribution in [2.75, 3.05) is 7.11 Å². The van der Waals surface area contributed by atoms with E-state index in [-0.39, 0.29) is 5.96 Å². The van der Waals surface area contributed by atoms with Crippen molar-refractivity contribution in [3.8, 4) is 5.75 Å². The molecule has 110 valence electrons. The molecule has 5 N–H and O–H groups in total. The molecule has 0 bridgehead atoms. The van der Waals surface area contributed by atoms with Gasteiger partial charge in [-0.05, 0) is 24.6 Å². The van der Waals surface area contributed by atoms with Gasteiger partial charge in [0.1, 0.15) is 5.75 Å². The number of carbonyl (C=O) groups is 1. The minimum Gasteiger partial charge on any atom is -0.497 e. The zero-order valence-electron chi connectivity index (χ0n) is 11.8. The molecule has 0 heterocycles. The first-order chi connectivity index (χ1) is 9.35. The molecule has 0 amide bonds. The number of hydrogen-bond donors (Lipinski definition) is 3. The van der Waals surface area contributed by atoms with Crippen LogP contribution in [0.5, 0.6) is 5.75 Å². The first-order valence-electron chi connectivity index (χ1n) is 5.79. The number of rotatable bonds is 4. The van der Waals surface area contributed by atoms with E-state index in [1.54, 1.807) is 7.11 Å². The number of carboxylic acid groups (broad SMARTS) is 1. The Balaban J connectivity index is 0.000000796. The van der Waals surface area contributed by atoms with Crippen LogP contribution in [0.3, 0.4) is 0 Å². The van der Waals surface area contributed by atoms with Crippen LogP contribution in [-0.2, 0) is 11.2 Å². The maximum atomic E-state index is 9.00. The van der Waals surface area contributed by atoms with Crippen molar-refractivity contribution in [3.05, 3.63) is 29.8 Å². The number of benzene rings is 1. The molecule has 0 unspecified atom stereocenters. The highest BCUT2D eigenvalue weighted by Gasteiger charge is 1.97. The molecule has 7 nitrogen and oxygen atoms in total. The summed E-state index contributed by atoms with van der Waals surface area (Å²) in [4.78, 5) is 9.00. The molecule has 1 aromatic carbocycles. The number of ether oxygens (including phenoxy) is 1. The van der Waals surface area contributed by atoms with Crippen molar-refractivity contribution < 1.29 is 14.6 Å². The van der Waals surface area contributed by atoms with E-state index in [1.807, 2.05) is 31.2 Å². The van der Waals surface area contributed by atoms with Crippen LogP contribution in [0.4, 0.5) is 0 Å². The van der Waals surface area contributed by atoms with E-state index in [2.05, 4.69) is 10.2 Å². The minimum absolute atomic E-state index is 0.0333. The Labute approximate surface area is 118 Å². The summed E-state index contributed by atoms with van der Waals surface area (Å²) < 4.78 is 5.07. The average Bonchev–Trinajstić information content (AvgIpc) is 2.36. The van der Waals surface area contributed by atoms with Crippen LogP contribution >= 0.6 is 0 Å². The Morgan fingerprint density at radius 2 is 1.70 bits per heavy atom. The molecule has 0 saturated heterocycles. The summed E-state index contributed by atoms with van der Waals surface area (Å²) in [6.45, 7) is 2.96. The zero-order chi connectivity index (χ0) is 15.5. The summed E-state index contributed by atoms with van der Waals surface area (Å²) in [5.74, 6) is -0.0309. The fourth-order valence-electron chi connectivity index (χ4n) is 1.22. The monoisotopic (exact) mass is 280 g/mol. The molecule has 0 radical (unpaired) electrons. The molecule has 0 aliphatic rings. The van der Waals surface area contributed by atoms with E-state index in [1.165, 1.54) is 0 Å². The van der Waals surface area contributed by atoms with Crippen molar-refractivity contribution in [2.45, 2.75) is 20.3 Å². The molecule has 20 heavy (non-hydrogen) atoms. The maximum absolute atomic E-state index is 9.00. The lowest BCUT2D eigenvalue weighted by molar-refractivity contribution is -0.134. The molecule has 0 aromatic heterocycles. The van der Waals surface area contributed by atoms with Crippen molar-refractivity contribution in [3.63, 3.8) is 0 Å². The second-order valence-electron chi connectivity index (χ2n) is 3.90. The van der Waals surface area contributed by atoms with Gasteiger partial charge in [-0.1, -0.05) is 12.1 Å². The molecule has 1 rings (SSSR count). The maximum Gasteiger partial charge on any atom is 0.300 e. The third-order valence-electron chi connectivity index (χ3n) is 1.96. The van der Waals surface area contributed by atoms with Gasteiger partial charge in [-0.15, -0.1) is 5.10 Å². The quantitative estimate of drug-likeness (QED) is 0.431. The fraction of sp³-hybridized carbons (Fsp3) is 0.308. The van der Waals surface area contributed by atoms with E-state index in [4.69, 9.17) is 26.1 Å². The highest BCUT2D eigenvalue weighted by atomic mass is 16.5. The summed E-state index contributed by atoms with van der Waals surface area (Å²) >= 11 is 0. The van der Waals surface area contributed by atoms with E-state index in [0.717, 1.165) is 23.9 Å². The highest BCUT2D eigenvalue weighted by Crippen LogP contribution is 2.11. The number of aliphatic carboxylic acids is 1. The molecule has 0 fully saturated rings. The fourth-order valence-corrected chi connectivity index (χ4v) is 1.22. The zero-order valence-corrected chi connectivity index (χ0v) is 11.8. The van der Waals surface area contributed by atoms with Crippen LogP contribution in [0.25, 0.3) is 0 Å². The van der Waals surface area contributed by atoms with Crippen molar-refractivity contribution >= 4 is 17.6 Å². The summed E-state index contributed by atoms with van der Waals surface area (Å²) in [7, 11) is 1.64. The normalized spacial score (nSPS) is 10.1. The summed E-state index contributed by atoms with van der Waals surface area (Å²) in [5, 5.41) is 14.9. The predicted octanol–water partition coefficient (Wildman–Crippen LogP) is 0.978. The van der Waals surface area contributed by atoms with Gasteiger partial charge in [0.2, 0.25) is 5.96 Å². The standard InChI is InChI=1S/C11H16N4O.C2H4O2/c1-8(14-15-11(12)13)7-9-3-5-10(16-2)6-4-9;1-2(3)4/h3-6H,7H2,1-2H3,(H4,12,13,15);1H3,(H,3,4)/b14-8+;. The van der Waals surface area contributed by atoms with Crippen LogP contribution in [0.1, 0.15) is 19.4 Å². The Morgan fingerprint density at radius 3 is 2.10 bits per heavy atom. The topological polar surface area (TPSA) is 123 Å². The molecule has 0 aliphatic heterocycles. The second kappa shape index (κ2) is 9.37.